The second kappa shape index (κ2) is 8.80. The number of hydrogen-bond acceptors (Lipinski definition) is 4. The maximum atomic E-state index is 12.3. The average Bonchev–Trinajstić information content (AvgIpc) is 2.64. The highest BCUT2D eigenvalue weighted by atomic mass is 16.5. The van der Waals surface area contributed by atoms with Crippen LogP contribution in [0, 0.1) is 6.92 Å². The van der Waals surface area contributed by atoms with Crippen molar-refractivity contribution in [3.8, 4) is 0 Å². The molecular weight excluding hydrogens is 332 g/mol. The predicted molar refractivity (Wildman–Crippen MR) is 98.8 cm³/mol. The minimum Gasteiger partial charge on any atom is -0.465 e. The molecule has 0 aliphatic heterocycles. The van der Waals surface area contributed by atoms with Crippen LogP contribution in [-0.2, 0) is 20.9 Å². The maximum Gasteiger partial charge on any atom is 0.339 e. The van der Waals surface area contributed by atoms with Gasteiger partial charge in [0.15, 0.2) is 0 Å². The molecule has 0 aromatic heterocycles. The number of carbonyl (C=O) groups is 3. The molecule has 0 atom stereocenters. The van der Waals surface area contributed by atoms with Crippen molar-refractivity contribution in [1.82, 2.24) is 5.32 Å². The number of benzene rings is 2. The Bertz CT molecular complexity index is 817. The normalized spacial score (nSPS) is 10.1. The molecule has 2 aromatic carbocycles. The molecule has 0 saturated carbocycles. The van der Waals surface area contributed by atoms with Crippen LogP contribution < -0.4 is 10.2 Å². The second-order valence-corrected chi connectivity index (χ2v) is 5.82. The zero-order chi connectivity index (χ0) is 19.1. The predicted octanol–water partition coefficient (Wildman–Crippen LogP) is 2.45. The number of nitrogens with zero attached hydrogens (tertiary/aromatic N) is 1. The summed E-state index contributed by atoms with van der Waals surface area (Å²) in [6.07, 6.45) is 0. The monoisotopic (exact) mass is 354 g/mol. The summed E-state index contributed by atoms with van der Waals surface area (Å²) in [6.45, 7) is 3.50. The van der Waals surface area contributed by atoms with Gasteiger partial charge in [0.2, 0.25) is 11.8 Å². The Hall–Kier alpha value is -3.15. The Balaban J connectivity index is 2.14. The zero-order valence-corrected chi connectivity index (χ0v) is 15.1. The van der Waals surface area contributed by atoms with Crippen molar-refractivity contribution in [1.29, 1.82) is 0 Å². The lowest BCUT2D eigenvalue weighted by atomic mass is 10.1. The van der Waals surface area contributed by atoms with Gasteiger partial charge in [-0.05, 0) is 30.2 Å². The fraction of sp³-hybridized carbons (Fsp3) is 0.250. The molecule has 0 radical (unpaired) electrons. The molecule has 0 heterocycles. The maximum absolute atomic E-state index is 12.3. The SMILES string of the molecule is COC(=O)c1ccccc1N(CC(=O)NCc1ccccc1C)C(C)=O. The number of methoxy groups -OCH3 is 1. The van der Waals surface area contributed by atoms with E-state index in [1.165, 1.54) is 18.9 Å². The standard InChI is InChI=1S/C20H22N2O4/c1-14-8-4-5-9-16(14)12-21-19(24)13-22(15(2)23)18-11-7-6-10-17(18)20(25)26-3/h4-11H,12-13H2,1-3H3,(H,21,24). The quantitative estimate of drug-likeness (QED) is 0.809. The first-order valence-corrected chi connectivity index (χ1v) is 8.20. The van der Waals surface area contributed by atoms with Crippen LogP contribution in [0.15, 0.2) is 48.5 Å². The largest absolute Gasteiger partial charge is 0.465 e. The summed E-state index contributed by atoms with van der Waals surface area (Å²) in [5.74, 6) is -1.22. The first kappa shape index (κ1) is 19.2. The van der Waals surface area contributed by atoms with Crippen LogP contribution in [-0.4, -0.2) is 31.4 Å². The lowest BCUT2D eigenvalue weighted by molar-refractivity contribution is -0.123. The van der Waals surface area contributed by atoms with Gasteiger partial charge < -0.3 is 15.0 Å². The Kier molecular flexibility index (Phi) is 6.49. The molecule has 0 aliphatic rings. The van der Waals surface area contributed by atoms with Crippen LogP contribution in [0.1, 0.15) is 28.4 Å². The Morgan fingerprint density at radius 3 is 2.35 bits per heavy atom. The van der Waals surface area contributed by atoms with Gasteiger partial charge in [0.05, 0.1) is 18.4 Å². The third-order valence-electron chi connectivity index (χ3n) is 4.02. The number of nitrogens with one attached hydrogen (secondary N) is 1. The van der Waals surface area contributed by atoms with Crippen molar-refractivity contribution < 1.29 is 19.1 Å². The molecule has 2 aromatic rings. The molecule has 2 amide bonds. The Morgan fingerprint density at radius 2 is 1.69 bits per heavy atom. The lowest BCUT2D eigenvalue weighted by Gasteiger charge is -2.22. The number of ether oxygens (including phenoxy) is 1. The number of para-hydroxylation sites is 1. The van der Waals surface area contributed by atoms with E-state index >= 15 is 0 Å². The lowest BCUT2D eigenvalue weighted by Crippen LogP contribution is -2.40. The van der Waals surface area contributed by atoms with Crippen LogP contribution in [0.25, 0.3) is 0 Å². The van der Waals surface area contributed by atoms with E-state index in [9.17, 15) is 14.4 Å². The molecule has 6 heteroatoms. The van der Waals surface area contributed by atoms with Crippen molar-refractivity contribution in [3.63, 3.8) is 0 Å². The van der Waals surface area contributed by atoms with E-state index < -0.39 is 5.97 Å². The van der Waals surface area contributed by atoms with Gasteiger partial charge in [-0.3, -0.25) is 9.59 Å². The molecular formula is C20H22N2O4. The fourth-order valence-corrected chi connectivity index (χ4v) is 2.56. The average molecular weight is 354 g/mol. The number of carbonyl (C=O) groups excluding carboxylic acids is 3. The summed E-state index contributed by atoms with van der Waals surface area (Å²) in [5, 5.41) is 2.81. The van der Waals surface area contributed by atoms with E-state index in [0.29, 0.717) is 12.2 Å². The Morgan fingerprint density at radius 1 is 1.04 bits per heavy atom. The minimum absolute atomic E-state index is 0.185. The molecule has 0 unspecified atom stereocenters. The van der Waals surface area contributed by atoms with Crippen molar-refractivity contribution >= 4 is 23.5 Å². The van der Waals surface area contributed by atoms with Crippen molar-refractivity contribution in [2.45, 2.75) is 20.4 Å². The fourth-order valence-electron chi connectivity index (χ4n) is 2.56. The molecule has 1 N–H and O–H groups in total. The van der Waals surface area contributed by atoms with E-state index in [1.807, 2.05) is 31.2 Å². The third-order valence-corrected chi connectivity index (χ3v) is 4.02. The van der Waals surface area contributed by atoms with E-state index in [2.05, 4.69) is 5.32 Å². The number of rotatable bonds is 6. The van der Waals surface area contributed by atoms with Gasteiger partial charge in [0.25, 0.3) is 0 Å². The topological polar surface area (TPSA) is 75.7 Å². The molecule has 0 aliphatic carbocycles. The van der Waals surface area contributed by atoms with Gasteiger partial charge in [0, 0.05) is 13.5 Å². The summed E-state index contributed by atoms with van der Waals surface area (Å²) in [7, 11) is 1.27. The summed E-state index contributed by atoms with van der Waals surface area (Å²) in [6, 6.07) is 14.3. The van der Waals surface area contributed by atoms with Crippen LogP contribution in [0.2, 0.25) is 0 Å². The highest BCUT2D eigenvalue weighted by Gasteiger charge is 2.21. The number of hydrogen-bond donors (Lipinski definition) is 1. The summed E-state index contributed by atoms with van der Waals surface area (Å²) < 4.78 is 4.75. The van der Waals surface area contributed by atoms with Crippen LogP contribution >= 0.6 is 0 Å². The number of amides is 2. The molecule has 136 valence electrons. The molecule has 0 bridgehead atoms. The van der Waals surface area contributed by atoms with E-state index in [1.54, 1.807) is 24.3 Å². The first-order chi connectivity index (χ1) is 12.4. The van der Waals surface area contributed by atoms with E-state index in [4.69, 9.17) is 4.74 Å². The number of anilines is 1. The molecule has 26 heavy (non-hydrogen) atoms. The van der Waals surface area contributed by atoms with Gasteiger partial charge >= 0.3 is 5.97 Å². The van der Waals surface area contributed by atoms with Gasteiger partial charge in [-0.2, -0.15) is 0 Å². The highest BCUT2D eigenvalue weighted by molar-refractivity contribution is 6.04. The highest BCUT2D eigenvalue weighted by Crippen LogP contribution is 2.21. The van der Waals surface area contributed by atoms with Gasteiger partial charge in [-0.25, -0.2) is 4.79 Å². The van der Waals surface area contributed by atoms with Gasteiger partial charge in [-0.1, -0.05) is 36.4 Å². The zero-order valence-electron chi connectivity index (χ0n) is 15.1. The smallest absolute Gasteiger partial charge is 0.339 e. The molecule has 0 spiro atoms. The summed E-state index contributed by atoms with van der Waals surface area (Å²) in [4.78, 5) is 37.6. The van der Waals surface area contributed by atoms with Gasteiger partial charge in [-0.15, -0.1) is 0 Å². The summed E-state index contributed by atoms with van der Waals surface area (Å²) >= 11 is 0. The third kappa shape index (κ3) is 4.69. The van der Waals surface area contributed by atoms with Crippen molar-refractivity contribution in [2.75, 3.05) is 18.6 Å². The van der Waals surface area contributed by atoms with Crippen LogP contribution in [0.5, 0.6) is 0 Å². The molecule has 0 saturated heterocycles. The molecule has 0 fully saturated rings. The van der Waals surface area contributed by atoms with Crippen LogP contribution in [0.4, 0.5) is 5.69 Å². The van der Waals surface area contributed by atoms with Crippen LogP contribution in [0.3, 0.4) is 0 Å². The second-order valence-electron chi connectivity index (χ2n) is 5.82. The van der Waals surface area contributed by atoms with Gasteiger partial charge in [0.1, 0.15) is 6.54 Å². The first-order valence-electron chi connectivity index (χ1n) is 8.20. The van der Waals surface area contributed by atoms with Crippen molar-refractivity contribution in [2.24, 2.45) is 0 Å². The Labute approximate surface area is 152 Å². The van der Waals surface area contributed by atoms with E-state index in [0.717, 1.165) is 11.1 Å². The number of aryl methyl sites for hydroxylation is 1. The number of esters is 1. The summed E-state index contributed by atoms with van der Waals surface area (Å²) in [5.41, 5.74) is 2.66. The van der Waals surface area contributed by atoms with Crippen molar-refractivity contribution in [3.05, 3.63) is 65.2 Å². The minimum atomic E-state index is -0.563. The molecule has 2 rings (SSSR count). The molecule has 6 nitrogen and oxygen atoms in total. The van der Waals surface area contributed by atoms with E-state index in [-0.39, 0.29) is 23.9 Å².